The molecular formula is C16H20N2O3S. The summed E-state index contributed by atoms with van der Waals surface area (Å²) in [6.07, 6.45) is -0.123. The van der Waals surface area contributed by atoms with E-state index in [4.69, 9.17) is 5.73 Å². The largest absolute Gasteiger partial charge is 0.374 e. The van der Waals surface area contributed by atoms with Crippen molar-refractivity contribution in [3.8, 4) is 0 Å². The predicted octanol–water partition coefficient (Wildman–Crippen LogP) is 1.57. The molecule has 0 radical (unpaired) electrons. The molecule has 22 heavy (non-hydrogen) atoms. The van der Waals surface area contributed by atoms with E-state index in [9.17, 15) is 13.2 Å². The zero-order valence-corrected chi connectivity index (χ0v) is 13.3. The monoisotopic (exact) mass is 320 g/mol. The van der Waals surface area contributed by atoms with Gasteiger partial charge in [-0.1, -0.05) is 30.3 Å². The molecule has 0 heterocycles. The molecule has 2 rings (SSSR count). The van der Waals surface area contributed by atoms with Crippen molar-refractivity contribution in [1.82, 2.24) is 0 Å². The lowest BCUT2D eigenvalue weighted by molar-refractivity contribution is -0.117. The Hall–Kier alpha value is -2.08. The van der Waals surface area contributed by atoms with E-state index >= 15 is 0 Å². The number of carbonyl (C=O) groups is 1. The smallest absolute Gasteiger partial charge is 0.218 e. The summed E-state index contributed by atoms with van der Waals surface area (Å²) >= 11 is 0. The van der Waals surface area contributed by atoms with Crippen LogP contribution in [0.3, 0.4) is 0 Å². The number of nitrogens with zero attached hydrogens (tertiary/aromatic N) is 1. The number of carbonyl (C=O) groups excluding carboxylic acids is 1. The third kappa shape index (κ3) is 4.46. The summed E-state index contributed by atoms with van der Waals surface area (Å²) in [4.78, 5) is 12.6. The van der Waals surface area contributed by atoms with Crippen molar-refractivity contribution in [2.24, 2.45) is 5.73 Å². The lowest BCUT2D eigenvalue weighted by Crippen LogP contribution is -2.27. The van der Waals surface area contributed by atoms with E-state index in [1.54, 1.807) is 0 Å². The number of nitrogens with two attached hydrogens (primary N) is 1. The molecule has 0 unspecified atom stereocenters. The number of anilines is 1. The van der Waals surface area contributed by atoms with Gasteiger partial charge in [-0.25, -0.2) is 8.42 Å². The van der Waals surface area contributed by atoms with Gasteiger partial charge in [0.25, 0.3) is 0 Å². The first kappa shape index (κ1) is 16.3. The first-order valence-corrected chi connectivity index (χ1v) is 8.88. The van der Waals surface area contributed by atoms with Crippen LogP contribution >= 0.6 is 0 Å². The molecule has 2 N–H and O–H groups in total. The predicted molar refractivity (Wildman–Crippen MR) is 89.7 cm³/mol. The average Bonchev–Trinajstić information content (AvgIpc) is 2.50. The molecule has 0 aromatic heterocycles. The number of sulfone groups is 1. The standard InChI is InChI=1S/C16H20N2O3S/c1-18(9-11-22(20,21)10-8-16(17)19)15-7-6-13-4-2-3-5-14(13)12-15/h2-7,12H,8-11H2,1H3,(H2,17,19). The molecule has 0 saturated carbocycles. The van der Waals surface area contributed by atoms with Gasteiger partial charge in [0, 0.05) is 25.7 Å². The third-order valence-corrected chi connectivity index (χ3v) is 5.20. The summed E-state index contributed by atoms with van der Waals surface area (Å²) in [5.41, 5.74) is 5.95. The van der Waals surface area contributed by atoms with E-state index in [0.29, 0.717) is 6.54 Å². The van der Waals surface area contributed by atoms with Crippen LogP contribution in [0.2, 0.25) is 0 Å². The number of hydrogen-bond acceptors (Lipinski definition) is 4. The molecule has 2 aromatic carbocycles. The van der Waals surface area contributed by atoms with Gasteiger partial charge in [-0.05, 0) is 22.9 Å². The van der Waals surface area contributed by atoms with Gasteiger partial charge in [0.1, 0.15) is 0 Å². The number of rotatable bonds is 7. The number of benzene rings is 2. The molecule has 0 aliphatic heterocycles. The van der Waals surface area contributed by atoms with Crippen molar-refractivity contribution >= 4 is 32.2 Å². The maximum absolute atomic E-state index is 11.8. The number of hydrogen-bond donors (Lipinski definition) is 1. The normalized spacial score (nSPS) is 11.5. The molecule has 118 valence electrons. The summed E-state index contributed by atoms with van der Waals surface area (Å²) in [7, 11) is -1.41. The van der Waals surface area contributed by atoms with Crippen LogP contribution in [-0.2, 0) is 14.6 Å². The maximum atomic E-state index is 11.8. The van der Waals surface area contributed by atoms with Crippen molar-refractivity contribution in [2.45, 2.75) is 6.42 Å². The van der Waals surface area contributed by atoms with Gasteiger partial charge in [0.05, 0.1) is 11.5 Å². The molecule has 0 saturated heterocycles. The molecule has 2 aromatic rings. The summed E-state index contributed by atoms with van der Waals surface area (Å²) < 4.78 is 23.7. The topological polar surface area (TPSA) is 80.5 Å². The van der Waals surface area contributed by atoms with Crippen LogP contribution in [0.5, 0.6) is 0 Å². The molecule has 6 heteroatoms. The number of fused-ring (bicyclic) bond motifs is 1. The van der Waals surface area contributed by atoms with Crippen LogP contribution in [0.15, 0.2) is 42.5 Å². The molecule has 0 atom stereocenters. The van der Waals surface area contributed by atoms with Crippen LogP contribution < -0.4 is 10.6 Å². The van der Waals surface area contributed by atoms with Gasteiger partial charge in [-0.15, -0.1) is 0 Å². The van der Waals surface area contributed by atoms with Crippen molar-refractivity contribution in [3.63, 3.8) is 0 Å². The van der Waals surface area contributed by atoms with Crippen LogP contribution in [-0.4, -0.2) is 39.4 Å². The first-order chi connectivity index (χ1) is 10.4. The molecule has 0 aliphatic rings. The summed E-state index contributed by atoms with van der Waals surface area (Å²) in [5.74, 6) is -0.774. The van der Waals surface area contributed by atoms with Crippen molar-refractivity contribution < 1.29 is 13.2 Å². The number of primary amides is 1. The Labute approximate surface area is 130 Å². The van der Waals surface area contributed by atoms with Crippen molar-refractivity contribution in [1.29, 1.82) is 0 Å². The average molecular weight is 320 g/mol. The third-order valence-electron chi connectivity index (χ3n) is 3.57. The Morgan fingerprint density at radius 3 is 2.45 bits per heavy atom. The SMILES string of the molecule is CN(CCS(=O)(=O)CCC(N)=O)c1ccc2ccccc2c1. The van der Waals surface area contributed by atoms with E-state index in [2.05, 4.69) is 0 Å². The highest BCUT2D eigenvalue weighted by Crippen LogP contribution is 2.21. The van der Waals surface area contributed by atoms with Crippen molar-refractivity contribution in [3.05, 3.63) is 42.5 Å². The van der Waals surface area contributed by atoms with Gasteiger partial charge in [0.2, 0.25) is 5.91 Å². The minimum absolute atomic E-state index is 0.00358. The molecule has 5 nitrogen and oxygen atoms in total. The van der Waals surface area contributed by atoms with Gasteiger partial charge >= 0.3 is 0 Å². The molecule has 0 spiro atoms. The van der Waals surface area contributed by atoms with Crippen LogP contribution in [0.1, 0.15) is 6.42 Å². The Morgan fingerprint density at radius 1 is 1.09 bits per heavy atom. The highest BCUT2D eigenvalue weighted by Gasteiger charge is 2.14. The minimum Gasteiger partial charge on any atom is -0.374 e. The zero-order chi connectivity index (χ0) is 16.2. The second kappa shape index (κ2) is 6.79. The van der Waals surface area contributed by atoms with E-state index in [1.807, 2.05) is 54.4 Å². The van der Waals surface area contributed by atoms with E-state index in [1.165, 1.54) is 0 Å². The molecule has 0 bridgehead atoms. The first-order valence-electron chi connectivity index (χ1n) is 7.06. The van der Waals surface area contributed by atoms with Crippen LogP contribution in [0, 0.1) is 0 Å². The van der Waals surface area contributed by atoms with E-state index in [-0.39, 0.29) is 17.9 Å². The van der Waals surface area contributed by atoms with Gasteiger partial charge in [0.15, 0.2) is 9.84 Å². The van der Waals surface area contributed by atoms with Gasteiger partial charge < -0.3 is 10.6 Å². The Kier molecular flexibility index (Phi) is 5.03. The summed E-state index contributed by atoms with van der Waals surface area (Å²) in [5, 5.41) is 2.26. The fourth-order valence-corrected chi connectivity index (χ4v) is 3.45. The maximum Gasteiger partial charge on any atom is 0.218 e. The quantitative estimate of drug-likeness (QED) is 0.839. The molecule has 0 fully saturated rings. The minimum atomic E-state index is -3.26. The Morgan fingerprint density at radius 2 is 1.77 bits per heavy atom. The van der Waals surface area contributed by atoms with Crippen LogP contribution in [0.4, 0.5) is 5.69 Å². The highest BCUT2D eigenvalue weighted by atomic mass is 32.2. The van der Waals surface area contributed by atoms with Gasteiger partial charge in [-0.3, -0.25) is 4.79 Å². The fraction of sp³-hybridized carbons (Fsp3) is 0.312. The Balaban J connectivity index is 2.01. The van der Waals surface area contributed by atoms with Crippen LogP contribution in [0.25, 0.3) is 10.8 Å². The van der Waals surface area contributed by atoms with Gasteiger partial charge in [-0.2, -0.15) is 0 Å². The van der Waals surface area contributed by atoms with E-state index in [0.717, 1.165) is 16.5 Å². The summed E-state index contributed by atoms with van der Waals surface area (Å²) in [6, 6.07) is 14.0. The molecule has 1 amide bonds. The zero-order valence-electron chi connectivity index (χ0n) is 12.5. The molecule has 0 aliphatic carbocycles. The second-order valence-corrected chi connectivity index (χ2v) is 7.62. The Bertz CT molecular complexity index is 772. The second-order valence-electron chi connectivity index (χ2n) is 5.32. The lowest BCUT2D eigenvalue weighted by Gasteiger charge is -2.19. The van der Waals surface area contributed by atoms with E-state index < -0.39 is 15.7 Å². The lowest BCUT2D eigenvalue weighted by atomic mass is 10.1. The number of amides is 1. The summed E-state index contributed by atoms with van der Waals surface area (Å²) in [6.45, 7) is 0.374. The fourth-order valence-electron chi connectivity index (χ4n) is 2.18. The highest BCUT2D eigenvalue weighted by molar-refractivity contribution is 7.91. The van der Waals surface area contributed by atoms with Crippen molar-refractivity contribution in [2.75, 3.05) is 30.0 Å². The molecular weight excluding hydrogens is 300 g/mol.